The summed E-state index contributed by atoms with van der Waals surface area (Å²) in [5, 5.41) is 7.71. The summed E-state index contributed by atoms with van der Waals surface area (Å²) >= 11 is 1.46. The molecule has 0 spiro atoms. The highest BCUT2D eigenvalue weighted by molar-refractivity contribution is 7.10. The Morgan fingerprint density at radius 3 is 2.62 bits per heavy atom. The number of hydrogen-bond donors (Lipinski definition) is 2. The van der Waals surface area contributed by atoms with E-state index in [1.807, 2.05) is 17.5 Å². The molecule has 1 aliphatic heterocycles. The highest BCUT2D eigenvalue weighted by atomic mass is 32.1. The van der Waals surface area contributed by atoms with Gasteiger partial charge in [0, 0.05) is 37.1 Å². The number of hydrogen-bond acceptors (Lipinski definition) is 7. The molecule has 1 saturated heterocycles. The summed E-state index contributed by atoms with van der Waals surface area (Å²) in [6.45, 7) is 3.66. The lowest BCUT2D eigenvalue weighted by molar-refractivity contribution is -0.140. The molecule has 1 atom stereocenters. The summed E-state index contributed by atoms with van der Waals surface area (Å²) in [6.07, 6.45) is 5.54. The van der Waals surface area contributed by atoms with Crippen molar-refractivity contribution in [2.75, 3.05) is 45.9 Å². The maximum atomic E-state index is 13.5. The van der Waals surface area contributed by atoms with Crippen LogP contribution in [0.25, 0.3) is 0 Å². The Morgan fingerprint density at radius 1 is 1.15 bits per heavy atom. The van der Waals surface area contributed by atoms with Crippen molar-refractivity contribution < 1.29 is 23.5 Å². The van der Waals surface area contributed by atoms with E-state index in [1.54, 1.807) is 17.0 Å². The van der Waals surface area contributed by atoms with Crippen LogP contribution < -0.4 is 10.6 Å². The number of carbonyl (C=O) groups excluding carboxylic acids is 3. The first kappa shape index (κ1) is 24.4. The Bertz CT molecular complexity index is 921. The highest BCUT2D eigenvalue weighted by Crippen LogP contribution is 2.27. The Kier molecular flexibility index (Phi) is 8.73. The number of thiophene rings is 1. The first-order chi connectivity index (χ1) is 16.6. The van der Waals surface area contributed by atoms with E-state index >= 15 is 0 Å². The Balaban J connectivity index is 1.50. The van der Waals surface area contributed by atoms with Gasteiger partial charge in [-0.3, -0.25) is 19.3 Å². The van der Waals surface area contributed by atoms with Crippen LogP contribution in [-0.4, -0.2) is 79.5 Å². The summed E-state index contributed by atoms with van der Waals surface area (Å²) < 4.78 is 10.5. The van der Waals surface area contributed by atoms with Gasteiger partial charge in [0.2, 0.25) is 11.8 Å². The van der Waals surface area contributed by atoms with Crippen molar-refractivity contribution in [2.24, 2.45) is 0 Å². The molecule has 184 valence electrons. The topological polar surface area (TPSA) is 104 Å². The maximum absolute atomic E-state index is 13.5. The van der Waals surface area contributed by atoms with E-state index in [0.717, 1.165) is 43.6 Å². The van der Waals surface area contributed by atoms with E-state index < -0.39 is 11.9 Å². The second-order valence-corrected chi connectivity index (χ2v) is 9.59. The second-order valence-electron chi connectivity index (χ2n) is 8.61. The predicted molar refractivity (Wildman–Crippen MR) is 127 cm³/mol. The minimum atomic E-state index is -0.741. The number of nitrogens with one attached hydrogen (secondary N) is 2. The zero-order valence-electron chi connectivity index (χ0n) is 19.2. The van der Waals surface area contributed by atoms with Crippen molar-refractivity contribution >= 4 is 29.1 Å². The third-order valence-corrected chi connectivity index (χ3v) is 7.23. The summed E-state index contributed by atoms with van der Waals surface area (Å²) in [4.78, 5) is 43.9. The SMILES string of the molecule is O=C(NCC(=O)N(CCN1CCOCC1)[C@@H](C(=O)NC1CCCC1)c1cccs1)c1ccco1. The van der Waals surface area contributed by atoms with Crippen LogP contribution in [0.4, 0.5) is 0 Å². The Labute approximate surface area is 203 Å². The van der Waals surface area contributed by atoms with Crippen molar-refractivity contribution in [3.8, 4) is 0 Å². The third kappa shape index (κ3) is 6.46. The summed E-state index contributed by atoms with van der Waals surface area (Å²) in [5.41, 5.74) is 0. The Morgan fingerprint density at radius 2 is 1.94 bits per heavy atom. The molecule has 10 heteroatoms. The zero-order chi connectivity index (χ0) is 23.8. The molecule has 2 aromatic rings. The molecule has 0 radical (unpaired) electrons. The molecule has 0 unspecified atom stereocenters. The number of amides is 3. The summed E-state index contributed by atoms with van der Waals surface area (Å²) in [6, 6.07) is 6.34. The maximum Gasteiger partial charge on any atom is 0.287 e. The van der Waals surface area contributed by atoms with Gasteiger partial charge in [0.1, 0.15) is 6.04 Å². The lowest BCUT2D eigenvalue weighted by Gasteiger charge is -2.34. The lowest BCUT2D eigenvalue weighted by atomic mass is 10.1. The minimum Gasteiger partial charge on any atom is -0.459 e. The molecular weight excluding hydrogens is 456 g/mol. The molecule has 0 bridgehead atoms. The summed E-state index contributed by atoms with van der Waals surface area (Å²) in [7, 11) is 0. The van der Waals surface area contributed by atoms with Gasteiger partial charge < -0.3 is 24.7 Å². The lowest BCUT2D eigenvalue weighted by Crippen LogP contribution is -2.51. The zero-order valence-corrected chi connectivity index (χ0v) is 20.1. The predicted octanol–water partition coefficient (Wildman–Crippen LogP) is 2.03. The number of ether oxygens (including phenoxy) is 1. The number of nitrogens with zero attached hydrogens (tertiary/aromatic N) is 2. The molecule has 2 aromatic heterocycles. The van der Waals surface area contributed by atoms with Gasteiger partial charge in [-0.05, 0) is 36.4 Å². The normalized spacial score (nSPS) is 17.9. The fourth-order valence-corrected chi connectivity index (χ4v) is 5.28. The number of rotatable bonds is 10. The van der Waals surface area contributed by atoms with Crippen LogP contribution in [0, 0.1) is 0 Å². The van der Waals surface area contributed by atoms with Gasteiger partial charge in [-0.15, -0.1) is 11.3 Å². The van der Waals surface area contributed by atoms with Crippen molar-refractivity contribution in [3.63, 3.8) is 0 Å². The van der Waals surface area contributed by atoms with Crippen LogP contribution in [0.1, 0.15) is 47.2 Å². The molecule has 0 aromatic carbocycles. The first-order valence-electron chi connectivity index (χ1n) is 11.9. The Hall–Kier alpha value is -2.69. The van der Waals surface area contributed by atoms with E-state index in [9.17, 15) is 14.4 Å². The van der Waals surface area contributed by atoms with Crippen LogP contribution in [0.2, 0.25) is 0 Å². The van der Waals surface area contributed by atoms with Gasteiger partial charge in [-0.25, -0.2) is 0 Å². The quantitative estimate of drug-likeness (QED) is 0.530. The molecule has 9 nitrogen and oxygen atoms in total. The van der Waals surface area contributed by atoms with Crippen LogP contribution in [0.3, 0.4) is 0 Å². The smallest absolute Gasteiger partial charge is 0.287 e. The van der Waals surface area contributed by atoms with Gasteiger partial charge in [-0.1, -0.05) is 18.9 Å². The fourth-order valence-electron chi connectivity index (χ4n) is 4.45. The molecular formula is C24H32N4O5S. The van der Waals surface area contributed by atoms with Gasteiger partial charge in [0.05, 0.1) is 26.0 Å². The van der Waals surface area contributed by atoms with Crippen molar-refractivity contribution in [1.29, 1.82) is 0 Å². The molecule has 3 amide bonds. The van der Waals surface area contributed by atoms with Crippen molar-refractivity contribution in [1.82, 2.24) is 20.4 Å². The molecule has 4 rings (SSSR count). The largest absolute Gasteiger partial charge is 0.459 e. The van der Waals surface area contributed by atoms with Gasteiger partial charge >= 0.3 is 0 Å². The monoisotopic (exact) mass is 488 g/mol. The molecule has 1 saturated carbocycles. The van der Waals surface area contributed by atoms with E-state index in [1.165, 1.54) is 17.6 Å². The van der Waals surface area contributed by atoms with Crippen LogP contribution in [0.15, 0.2) is 40.3 Å². The molecule has 2 N–H and O–H groups in total. The molecule has 2 aliphatic rings. The minimum absolute atomic E-state index is 0.140. The van der Waals surface area contributed by atoms with Crippen LogP contribution in [-0.2, 0) is 14.3 Å². The molecule has 2 fully saturated rings. The van der Waals surface area contributed by atoms with Gasteiger partial charge in [-0.2, -0.15) is 0 Å². The van der Waals surface area contributed by atoms with Gasteiger partial charge in [0.15, 0.2) is 5.76 Å². The second kappa shape index (κ2) is 12.1. The molecule has 3 heterocycles. The average Bonchev–Trinajstić information content (AvgIpc) is 3.64. The van der Waals surface area contributed by atoms with E-state index in [4.69, 9.17) is 9.15 Å². The molecule has 34 heavy (non-hydrogen) atoms. The van der Waals surface area contributed by atoms with E-state index in [-0.39, 0.29) is 30.2 Å². The van der Waals surface area contributed by atoms with E-state index in [2.05, 4.69) is 15.5 Å². The third-order valence-electron chi connectivity index (χ3n) is 6.30. The van der Waals surface area contributed by atoms with Crippen LogP contribution in [0.5, 0.6) is 0 Å². The van der Waals surface area contributed by atoms with Gasteiger partial charge in [0.25, 0.3) is 5.91 Å². The van der Waals surface area contributed by atoms with E-state index in [0.29, 0.717) is 26.3 Å². The number of carbonyl (C=O) groups is 3. The fraction of sp³-hybridized carbons (Fsp3) is 0.542. The average molecular weight is 489 g/mol. The summed E-state index contributed by atoms with van der Waals surface area (Å²) in [5.74, 6) is -0.800. The number of furan rings is 1. The van der Waals surface area contributed by atoms with Crippen LogP contribution >= 0.6 is 11.3 Å². The van der Waals surface area contributed by atoms with Crippen molar-refractivity contribution in [2.45, 2.75) is 37.8 Å². The standard InChI is InChI=1S/C24H32N4O5S/c29-21(17-25-23(30)19-7-3-13-33-19)28(10-9-27-11-14-32-15-12-27)22(20-8-4-16-34-20)24(31)26-18-5-1-2-6-18/h3-4,7-8,13,16,18,22H,1-2,5-6,9-12,14-15,17H2,(H,25,30)(H,26,31)/t22-/m1/s1. The molecule has 1 aliphatic carbocycles. The highest BCUT2D eigenvalue weighted by Gasteiger charge is 2.34. The number of morpholine rings is 1. The van der Waals surface area contributed by atoms with Crippen molar-refractivity contribution in [3.05, 3.63) is 46.5 Å². The first-order valence-corrected chi connectivity index (χ1v) is 12.7.